The standard InChI is InChI=1S/C14H18N2O3/c1-10(11-6-4-3-5-7-11)16-8-12(14(18)19-2)15-13(17)9-16/h3-7,10,12H,8-9H2,1-2H3,(H,15,17). The zero-order valence-electron chi connectivity index (χ0n) is 11.1. The van der Waals surface area contributed by atoms with E-state index >= 15 is 0 Å². The third-order valence-electron chi connectivity index (χ3n) is 3.41. The predicted octanol–water partition coefficient (Wildman–Crippen LogP) is 0.721. The van der Waals surface area contributed by atoms with Crippen molar-refractivity contribution in [2.24, 2.45) is 0 Å². The van der Waals surface area contributed by atoms with Crippen LogP contribution in [0, 0.1) is 0 Å². The molecule has 1 aliphatic rings. The van der Waals surface area contributed by atoms with Crippen LogP contribution in [0.15, 0.2) is 30.3 Å². The van der Waals surface area contributed by atoms with Crippen molar-refractivity contribution in [1.29, 1.82) is 0 Å². The highest BCUT2D eigenvalue weighted by atomic mass is 16.5. The summed E-state index contributed by atoms with van der Waals surface area (Å²) in [5, 5.41) is 2.65. The molecule has 1 N–H and O–H groups in total. The van der Waals surface area contributed by atoms with E-state index in [0.29, 0.717) is 13.1 Å². The van der Waals surface area contributed by atoms with Crippen molar-refractivity contribution in [3.63, 3.8) is 0 Å². The Hall–Kier alpha value is -1.88. The van der Waals surface area contributed by atoms with Crippen molar-refractivity contribution in [2.75, 3.05) is 20.2 Å². The lowest BCUT2D eigenvalue weighted by Crippen LogP contribution is -2.57. The van der Waals surface area contributed by atoms with Crippen molar-refractivity contribution in [1.82, 2.24) is 10.2 Å². The second-order valence-corrected chi connectivity index (χ2v) is 4.66. The summed E-state index contributed by atoms with van der Waals surface area (Å²) in [6.45, 7) is 2.79. The van der Waals surface area contributed by atoms with Gasteiger partial charge >= 0.3 is 5.97 Å². The first kappa shape index (κ1) is 13.5. The molecule has 5 heteroatoms. The largest absolute Gasteiger partial charge is 0.467 e. The molecule has 5 nitrogen and oxygen atoms in total. The highest BCUT2D eigenvalue weighted by Crippen LogP contribution is 2.21. The van der Waals surface area contributed by atoms with Gasteiger partial charge in [-0.15, -0.1) is 0 Å². The zero-order valence-corrected chi connectivity index (χ0v) is 11.1. The number of amides is 1. The van der Waals surface area contributed by atoms with Gasteiger partial charge in [-0.1, -0.05) is 30.3 Å². The Morgan fingerprint density at radius 1 is 1.42 bits per heavy atom. The fourth-order valence-corrected chi connectivity index (χ4v) is 2.28. The van der Waals surface area contributed by atoms with Crippen LogP contribution in [0.4, 0.5) is 0 Å². The Balaban J connectivity index is 2.11. The summed E-state index contributed by atoms with van der Waals surface area (Å²) in [4.78, 5) is 25.2. The molecule has 102 valence electrons. The Bertz CT molecular complexity index is 461. The molecular weight excluding hydrogens is 244 g/mol. The van der Waals surface area contributed by atoms with Gasteiger partial charge in [-0.2, -0.15) is 0 Å². The Kier molecular flexibility index (Phi) is 4.16. The van der Waals surface area contributed by atoms with Gasteiger partial charge in [0.05, 0.1) is 13.7 Å². The minimum Gasteiger partial charge on any atom is -0.467 e. The quantitative estimate of drug-likeness (QED) is 0.816. The van der Waals surface area contributed by atoms with Gasteiger partial charge in [-0.25, -0.2) is 4.79 Å². The molecule has 0 aromatic heterocycles. The van der Waals surface area contributed by atoms with Crippen LogP contribution in [-0.4, -0.2) is 43.0 Å². The molecule has 1 amide bonds. The van der Waals surface area contributed by atoms with Crippen LogP contribution in [0.3, 0.4) is 0 Å². The highest BCUT2D eigenvalue weighted by molar-refractivity contribution is 5.87. The minimum absolute atomic E-state index is 0.0828. The van der Waals surface area contributed by atoms with E-state index in [-0.39, 0.29) is 11.9 Å². The number of rotatable bonds is 3. The number of methoxy groups -OCH3 is 1. The first-order valence-corrected chi connectivity index (χ1v) is 6.28. The van der Waals surface area contributed by atoms with E-state index in [1.807, 2.05) is 42.2 Å². The summed E-state index contributed by atoms with van der Waals surface area (Å²) < 4.78 is 4.69. The van der Waals surface area contributed by atoms with Gasteiger partial charge in [-0.05, 0) is 12.5 Å². The molecule has 1 aliphatic heterocycles. The summed E-state index contributed by atoms with van der Waals surface area (Å²) in [5.74, 6) is -0.553. The molecule has 1 aromatic rings. The number of nitrogens with zero attached hydrogens (tertiary/aromatic N) is 1. The third-order valence-corrected chi connectivity index (χ3v) is 3.41. The SMILES string of the molecule is COC(=O)C1CN(C(C)c2ccccc2)CC(=O)N1. The van der Waals surface area contributed by atoms with Crippen LogP contribution in [0.2, 0.25) is 0 Å². The molecule has 1 aromatic carbocycles. The molecule has 0 radical (unpaired) electrons. The van der Waals surface area contributed by atoms with Crippen LogP contribution < -0.4 is 5.32 Å². The Morgan fingerprint density at radius 3 is 2.74 bits per heavy atom. The van der Waals surface area contributed by atoms with Gasteiger partial charge in [0.15, 0.2) is 0 Å². The number of nitrogens with one attached hydrogen (secondary N) is 1. The van der Waals surface area contributed by atoms with Crippen LogP contribution in [0.5, 0.6) is 0 Å². The molecule has 2 rings (SSSR count). The Labute approximate surface area is 112 Å². The minimum atomic E-state index is -0.586. The maximum absolute atomic E-state index is 11.7. The molecule has 0 spiro atoms. The van der Waals surface area contributed by atoms with Crippen molar-refractivity contribution in [3.8, 4) is 0 Å². The Morgan fingerprint density at radius 2 is 2.11 bits per heavy atom. The summed E-state index contributed by atoms with van der Waals surface area (Å²) >= 11 is 0. The van der Waals surface area contributed by atoms with Gasteiger partial charge < -0.3 is 10.1 Å². The summed E-state index contributed by atoms with van der Waals surface area (Å²) in [6.07, 6.45) is 0. The number of carbonyl (C=O) groups is 2. The molecule has 2 atom stereocenters. The molecular formula is C14H18N2O3. The van der Waals surface area contributed by atoms with E-state index in [4.69, 9.17) is 4.74 Å². The first-order chi connectivity index (χ1) is 9.11. The number of hydrogen-bond acceptors (Lipinski definition) is 4. The van der Waals surface area contributed by atoms with Gasteiger partial charge in [0.25, 0.3) is 0 Å². The monoisotopic (exact) mass is 262 g/mol. The predicted molar refractivity (Wildman–Crippen MR) is 70.4 cm³/mol. The van der Waals surface area contributed by atoms with E-state index in [9.17, 15) is 9.59 Å². The summed E-state index contributed by atoms with van der Waals surface area (Å²) in [7, 11) is 1.33. The number of hydrogen-bond donors (Lipinski definition) is 1. The molecule has 19 heavy (non-hydrogen) atoms. The molecule has 1 saturated heterocycles. The number of ether oxygens (including phenoxy) is 1. The van der Waals surface area contributed by atoms with E-state index in [1.54, 1.807) is 0 Å². The smallest absolute Gasteiger partial charge is 0.329 e. The fourth-order valence-electron chi connectivity index (χ4n) is 2.28. The van der Waals surface area contributed by atoms with E-state index < -0.39 is 12.0 Å². The molecule has 2 unspecified atom stereocenters. The molecule has 1 fully saturated rings. The van der Waals surface area contributed by atoms with Gasteiger partial charge in [0.1, 0.15) is 6.04 Å². The van der Waals surface area contributed by atoms with Gasteiger partial charge in [0, 0.05) is 12.6 Å². The average molecular weight is 262 g/mol. The van der Waals surface area contributed by atoms with Crippen molar-refractivity contribution in [2.45, 2.75) is 19.0 Å². The topological polar surface area (TPSA) is 58.6 Å². The zero-order chi connectivity index (χ0) is 13.8. The van der Waals surface area contributed by atoms with E-state index in [2.05, 4.69) is 5.32 Å². The molecule has 1 heterocycles. The normalized spacial score (nSPS) is 21.6. The van der Waals surface area contributed by atoms with Crippen molar-refractivity contribution >= 4 is 11.9 Å². The maximum atomic E-state index is 11.7. The summed E-state index contributed by atoms with van der Waals surface area (Å²) in [5.41, 5.74) is 1.13. The van der Waals surface area contributed by atoms with Crippen molar-refractivity contribution < 1.29 is 14.3 Å². The number of esters is 1. The van der Waals surface area contributed by atoms with E-state index in [1.165, 1.54) is 7.11 Å². The molecule has 0 aliphatic carbocycles. The summed E-state index contributed by atoms with van der Waals surface area (Å²) in [6, 6.07) is 9.42. The van der Waals surface area contributed by atoms with Crippen LogP contribution in [0.25, 0.3) is 0 Å². The van der Waals surface area contributed by atoms with Crippen LogP contribution in [-0.2, 0) is 14.3 Å². The number of carbonyl (C=O) groups excluding carboxylic acids is 2. The lowest BCUT2D eigenvalue weighted by molar-refractivity contribution is -0.148. The fraction of sp³-hybridized carbons (Fsp3) is 0.429. The molecule has 0 bridgehead atoms. The average Bonchev–Trinajstić information content (AvgIpc) is 2.45. The highest BCUT2D eigenvalue weighted by Gasteiger charge is 2.32. The lowest BCUT2D eigenvalue weighted by Gasteiger charge is -2.35. The maximum Gasteiger partial charge on any atom is 0.329 e. The second-order valence-electron chi connectivity index (χ2n) is 4.66. The number of benzene rings is 1. The van der Waals surface area contributed by atoms with Crippen LogP contribution >= 0.6 is 0 Å². The van der Waals surface area contributed by atoms with Crippen molar-refractivity contribution in [3.05, 3.63) is 35.9 Å². The molecule has 0 saturated carbocycles. The third kappa shape index (κ3) is 3.12. The van der Waals surface area contributed by atoms with Gasteiger partial charge in [-0.3, -0.25) is 9.69 Å². The van der Waals surface area contributed by atoms with Crippen LogP contribution in [0.1, 0.15) is 18.5 Å². The lowest BCUT2D eigenvalue weighted by atomic mass is 10.0. The van der Waals surface area contributed by atoms with E-state index in [0.717, 1.165) is 5.56 Å². The number of piperazine rings is 1. The van der Waals surface area contributed by atoms with Gasteiger partial charge in [0.2, 0.25) is 5.91 Å². The second kappa shape index (κ2) is 5.84. The first-order valence-electron chi connectivity index (χ1n) is 6.28.